The van der Waals surface area contributed by atoms with Crippen molar-refractivity contribution in [2.24, 2.45) is 0 Å². The van der Waals surface area contributed by atoms with Crippen LogP contribution in [0.2, 0.25) is 0 Å². The van der Waals surface area contributed by atoms with Crippen LogP contribution in [-0.2, 0) is 14.6 Å². The predicted octanol–water partition coefficient (Wildman–Crippen LogP) is 2.56. The van der Waals surface area contributed by atoms with Crippen molar-refractivity contribution in [3.8, 4) is 0 Å². The number of rotatable bonds is 4. The van der Waals surface area contributed by atoms with Gasteiger partial charge in [-0.2, -0.15) is 13.2 Å². The SMILES string of the molecule is CCC(C(=O)O)c1ccc(S(=O)(=O)C(F)(F)F)cc1. The molecule has 1 aromatic carbocycles. The Balaban J connectivity index is 3.17. The van der Waals surface area contributed by atoms with Crippen LogP contribution < -0.4 is 0 Å². The van der Waals surface area contributed by atoms with Crippen LogP contribution in [0.15, 0.2) is 29.2 Å². The first-order valence-electron chi connectivity index (χ1n) is 5.25. The Morgan fingerprint density at radius 2 is 1.74 bits per heavy atom. The minimum absolute atomic E-state index is 0.251. The topological polar surface area (TPSA) is 71.4 Å². The summed E-state index contributed by atoms with van der Waals surface area (Å²) < 4.78 is 59.1. The highest BCUT2D eigenvalue weighted by Gasteiger charge is 2.46. The number of aliphatic carboxylic acids is 1. The summed E-state index contributed by atoms with van der Waals surface area (Å²) in [6.07, 6.45) is 0.251. The van der Waals surface area contributed by atoms with Crippen LogP contribution in [0.3, 0.4) is 0 Å². The third-order valence-electron chi connectivity index (χ3n) is 2.60. The largest absolute Gasteiger partial charge is 0.501 e. The summed E-state index contributed by atoms with van der Waals surface area (Å²) in [7, 11) is -5.39. The maximum absolute atomic E-state index is 12.3. The van der Waals surface area contributed by atoms with E-state index in [9.17, 15) is 26.4 Å². The standard InChI is InChI=1S/C11H11F3O4S/c1-2-9(10(15)16)7-3-5-8(6-4-7)19(17,18)11(12,13)14/h3-6,9H,2H2,1H3,(H,15,16). The van der Waals surface area contributed by atoms with Crippen LogP contribution in [0.25, 0.3) is 0 Å². The van der Waals surface area contributed by atoms with Gasteiger partial charge in [0, 0.05) is 0 Å². The summed E-state index contributed by atoms with van der Waals surface area (Å²) in [5.41, 5.74) is -5.11. The second kappa shape index (κ2) is 5.20. The second-order valence-corrected chi connectivity index (χ2v) is 5.76. The molecule has 1 atom stereocenters. The number of sulfone groups is 1. The Hall–Kier alpha value is -1.57. The second-order valence-electron chi connectivity index (χ2n) is 3.82. The Kier molecular flexibility index (Phi) is 4.24. The molecule has 4 nitrogen and oxygen atoms in total. The maximum atomic E-state index is 12.3. The monoisotopic (exact) mass is 296 g/mol. The zero-order valence-electron chi connectivity index (χ0n) is 9.81. The lowest BCUT2D eigenvalue weighted by Crippen LogP contribution is -2.23. The van der Waals surface area contributed by atoms with Crippen molar-refractivity contribution in [3.05, 3.63) is 29.8 Å². The molecule has 1 unspecified atom stereocenters. The number of benzene rings is 1. The van der Waals surface area contributed by atoms with E-state index in [2.05, 4.69) is 0 Å². The average molecular weight is 296 g/mol. The molecule has 8 heteroatoms. The highest BCUT2D eigenvalue weighted by Crippen LogP contribution is 2.31. The molecular formula is C11H11F3O4S. The van der Waals surface area contributed by atoms with Gasteiger partial charge in [0.05, 0.1) is 10.8 Å². The Morgan fingerprint density at radius 1 is 1.26 bits per heavy atom. The van der Waals surface area contributed by atoms with Crippen LogP contribution in [0.4, 0.5) is 13.2 Å². The normalized spacial score (nSPS) is 14.1. The molecule has 0 heterocycles. The molecular weight excluding hydrogens is 285 g/mol. The van der Waals surface area contributed by atoms with E-state index < -0.39 is 32.1 Å². The summed E-state index contributed by atoms with van der Waals surface area (Å²) in [6.45, 7) is 1.61. The maximum Gasteiger partial charge on any atom is 0.501 e. The average Bonchev–Trinajstić information content (AvgIpc) is 2.28. The third kappa shape index (κ3) is 3.06. The Labute approximate surface area is 107 Å². The Morgan fingerprint density at radius 3 is 2.05 bits per heavy atom. The summed E-state index contributed by atoms with van der Waals surface area (Å²) in [6, 6.07) is 3.70. The molecule has 0 aliphatic heterocycles. The van der Waals surface area contributed by atoms with E-state index in [0.717, 1.165) is 24.3 Å². The van der Waals surface area contributed by atoms with E-state index in [1.165, 1.54) is 0 Å². The molecule has 0 amide bonds. The lowest BCUT2D eigenvalue weighted by Gasteiger charge is -2.12. The molecule has 0 saturated heterocycles. The first kappa shape index (κ1) is 15.5. The number of hydrogen-bond acceptors (Lipinski definition) is 3. The number of carbonyl (C=O) groups is 1. The molecule has 0 aliphatic rings. The van der Waals surface area contributed by atoms with Crippen molar-refractivity contribution < 1.29 is 31.5 Å². The fourth-order valence-corrected chi connectivity index (χ4v) is 2.33. The third-order valence-corrected chi connectivity index (χ3v) is 4.11. The van der Waals surface area contributed by atoms with Crippen molar-refractivity contribution in [1.29, 1.82) is 0 Å². The highest BCUT2D eigenvalue weighted by molar-refractivity contribution is 7.92. The lowest BCUT2D eigenvalue weighted by molar-refractivity contribution is -0.138. The number of alkyl halides is 3. The molecule has 0 radical (unpaired) electrons. The molecule has 1 aromatic rings. The minimum atomic E-state index is -5.39. The van der Waals surface area contributed by atoms with Gasteiger partial charge in [-0.3, -0.25) is 4.79 Å². The van der Waals surface area contributed by atoms with Gasteiger partial charge in [0.2, 0.25) is 0 Å². The first-order chi connectivity index (χ1) is 8.61. The van der Waals surface area contributed by atoms with Gasteiger partial charge in [-0.15, -0.1) is 0 Å². The van der Waals surface area contributed by atoms with E-state index in [-0.39, 0.29) is 12.0 Å². The van der Waals surface area contributed by atoms with Gasteiger partial charge in [-0.1, -0.05) is 19.1 Å². The van der Waals surface area contributed by atoms with Crippen molar-refractivity contribution in [2.75, 3.05) is 0 Å². The van der Waals surface area contributed by atoms with Gasteiger partial charge >= 0.3 is 11.5 Å². The highest BCUT2D eigenvalue weighted by atomic mass is 32.2. The summed E-state index contributed by atoms with van der Waals surface area (Å²) in [5, 5.41) is 8.89. The first-order valence-corrected chi connectivity index (χ1v) is 6.73. The number of carboxylic acids is 1. The minimum Gasteiger partial charge on any atom is -0.481 e. The summed E-state index contributed by atoms with van der Waals surface area (Å²) in [5.74, 6) is -1.99. The molecule has 0 aromatic heterocycles. The molecule has 0 spiro atoms. The smallest absolute Gasteiger partial charge is 0.481 e. The fraction of sp³-hybridized carbons (Fsp3) is 0.364. The molecule has 0 bridgehead atoms. The van der Waals surface area contributed by atoms with E-state index in [1.54, 1.807) is 6.92 Å². The van der Waals surface area contributed by atoms with Crippen LogP contribution in [0.5, 0.6) is 0 Å². The quantitative estimate of drug-likeness (QED) is 0.927. The lowest BCUT2D eigenvalue weighted by atomic mass is 9.97. The van der Waals surface area contributed by atoms with Gasteiger partial charge in [0.1, 0.15) is 0 Å². The van der Waals surface area contributed by atoms with E-state index in [4.69, 9.17) is 5.11 Å². The molecule has 0 saturated carbocycles. The number of halogens is 3. The van der Waals surface area contributed by atoms with Crippen LogP contribution in [0.1, 0.15) is 24.8 Å². The Bertz CT molecular complexity index is 561. The fourth-order valence-electron chi connectivity index (χ4n) is 1.57. The molecule has 0 fully saturated rings. The van der Waals surface area contributed by atoms with Crippen LogP contribution >= 0.6 is 0 Å². The molecule has 106 valence electrons. The molecule has 19 heavy (non-hydrogen) atoms. The van der Waals surface area contributed by atoms with Crippen LogP contribution in [-0.4, -0.2) is 25.0 Å². The van der Waals surface area contributed by atoms with Gasteiger partial charge in [0.25, 0.3) is 9.84 Å². The predicted molar refractivity (Wildman–Crippen MR) is 60.4 cm³/mol. The van der Waals surface area contributed by atoms with E-state index >= 15 is 0 Å². The summed E-state index contributed by atoms with van der Waals surface area (Å²) in [4.78, 5) is 9.97. The molecule has 0 aliphatic carbocycles. The molecule has 1 rings (SSSR count). The van der Waals surface area contributed by atoms with Crippen molar-refractivity contribution in [1.82, 2.24) is 0 Å². The zero-order valence-corrected chi connectivity index (χ0v) is 10.6. The van der Waals surface area contributed by atoms with Crippen LogP contribution in [0, 0.1) is 0 Å². The van der Waals surface area contributed by atoms with Crippen molar-refractivity contribution in [3.63, 3.8) is 0 Å². The van der Waals surface area contributed by atoms with Crippen molar-refractivity contribution in [2.45, 2.75) is 29.7 Å². The van der Waals surface area contributed by atoms with Crippen molar-refractivity contribution >= 4 is 15.8 Å². The number of hydrogen-bond donors (Lipinski definition) is 1. The van der Waals surface area contributed by atoms with E-state index in [0.29, 0.717) is 0 Å². The van der Waals surface area contributed by atoms with Gasteiger partial charge < -0.3 is 5.11 Å². The van der Waals surface area contributed by atoms with Gasteiger partial charge in [0.15, 0.2) is 0 Å². The van der Waals surface area contributed by atoms with E-state index in [1.807, 2.05) is 0 Å². The number of carboxylic acid groups (broad SMARTS) is 1. The zero-order chi connectivity index (χ0) is 14.8. The molecule has 1 N–H and O–H groups in total. The van der Waals surface area contributed by atoms with Gasteiger partial charge in [-0.05, 0) is 24.1 Å². The van der Waals surface area contributed by atoms with Gasteiger partial charge in [-0.25, -0.2) is 8.42 Å². The summed E-state index contributed by atoms with van der Waals surface area (Å²) >= 11 is 0.